The van der Waals surface area contributed by atoms with E-state index in [4.69, 9.17) is 5.73 Å². The predicted octanol–water partition coefficient (Wildman–Crippen LogP) is 0.351. The number of hydrogen-bond acceptors (Lipinski definition) is 6. The highest BCUT2D eigenvalue weighted by Gasteiger charge is 2.08. The van der Waals surface area contributed by atoms with E-state index in [-0.39, 0.29) is 18.4 Å². The minimum Gasteiger partial charge on any atom is -0.469 e. The number of hydrogen-bond donors (Lipinski definition) is 1. The van der Waals surface area contributed by atoms with Crippen LogP contribution < -0.4 is 5.73 Å². The molecule has 2 N–H and O–H groups in total. The quantitative estimate of drug-likeness (QED) is 0.612. The number of aromatic nitrogens is 3. The smallest absolute Gasteiger partial charge is 0.306 e. The Balaban J connectivity index is 0.00000225. The van der Waals surface area contributed by atoms with Crippen molar-refractivity contribution in [3.05, 3.63) is 5.82 Å². The van der Waals surface area contributed by atoms with Crippen LogP contribution in [0.15, 0.2) is 5.16 Å². The number of halogens is 1. The Morgan fingerprint density at radius 1 is 1.56 bits per heavy atom. The van der Waals surface area contributed by atoms with E-state index >= 15 is 0 Å². The summed E-state index contributed by atoms with van der Waals surface area (Å²) in [5.41, 5.74) is 5.46. The summed E-state index contributed by atoms with van der Waals surface area (Å²) in [6.45, 7) is 0.362. The molecule has 1 rings (SSSR count). The third kappa shape index (κ3) is 3.99. The molecule has 0 aromatic carbocycles. The van der Waals surface area contributed by atoms with E-state index in [2.05, 4.69) is 14.9 Å². The van der Waals surface area contributed by atoms with E-state index < -0.39 is 0 Å². The maximum atomic E-state index is 10.8. The lowest BCUT2D eigenvalue weighted by molar-refractivity contribution is -0.140. The van der Waals surface area contributed by atoms with E-state index in [1.165, 1.54) is 18.9 Å². The second kappa shape index (κ2) is 7.48. The highest BCUT2D eigenvalue weighted by Crippen LogP contribution is 2.16. The second-order valence-electron chi connectivity index (χ2n) is 2.84. The molecule has 0 bridgehead atoms. The van der Waals surface area contributed by atoms with Crippen molar-refractivity contribution in [3.63, 3.8) is 0 Å². The van der Waals surface area contributed by atoms with Gasteiger partial charge in [-0.25, -0.2) is 0 Å². The Hall–Kier alpha value is -0.790. The summed E-state index contributed by atoms with van der Waals surface area (Å²) in [5, 5.41) is 8.62. The summed E-state index contributed by atoms with van der Waals surface area (Å²) >= 11 is 1.46. The molecule has 6 nitrogen and oxygen atoms in total. The summed E-state index contributed by atoms with van der Waals surface area (Å²) in [6, 6.07) is 0. The van der Waals surface area contributed by atoms with Crippen molar-refractivity contribution in [1.82, 2.24) is 14.8 Å². The summed E-state index contributed by atoms with van der Waals surface area (Å²) in [5.74, 6) is 1.14. The molecular weight excluding hydrogens is 252 g/mol. The molecule has 16 heavy (non-hydrogen) atoms. The number of carbonyl (C=O) groups excluding carboxylic acids is 1. The van der Waals surface area contributed by atoms with Crippen molar-refractivity contribution in [2.45, 2.75) is 18.1 Å². The van der Waals surface area contributed by atoms with Crippen LogP contribution >= 0.6 is 24.2 Å². The fourth-order valence-electron chi connectivity index (χ4n) is 0.976. The molecule has 92 valence electrons. The normalized spacial score (nSPS) is 9.69. The number of nitrogens with zero attached hydrogens (tertiary/aromatic N) is 3. The number of thioether (sulfide) groups is 1. The molecule has 0 saturated carbocycles. The Bertz CT molecular complexity index is 345. The topological polar surface area (TPSA) is 83.0 Å². The molecule has 0 amide bonds. The molecule has 0 aliphatic heterocycles. The SMILES string of the molecule is COC(=O)CCSc1nnc(CN)n1C.Cl. The zero-order valence-electron chi connectivity index (χ0n) is 9.17. The van der Waals surface area contributed by atoms with Crippen molar-refractivity contribution >= 4 is 30.1 Å². The number of nitrogens with two attached hydrogens (primary N) is 1. The lowest BCUT2D eigenvalue weighted by Gasteiger charge is -2.01. The zero-order valence-corrected chi connectivity index (χ0v) is 10.8. The van der Waals surface area contributed by atoms with Gasteiger partial charge in [-0.3, -0.25) is 4.79 Å². The Labute approximate surface area is 104 Å². The van der Waals surface area contributed by atoms with Crippen LogP contribution in [0, 0.1) is 0 Å². The molecular formula is C8H15ClN4O2S. The minimum atomic E-state index is -0.219. The maximum absolute atomic E-state index is 10.8. The van der Waals surface area contributed by atoms with Gasteiger partial charge in [0, 0.05) is 12.8 Å². The van der Waals surface area contributed by atoms with Gasteiger partial charge in [-0.15, -0.1) is 22.6 Å². The van der Waals surface area contributed by atoms with Gasteiger partial charge in [0.25, 0.3) is 0 Å². The van der Waals surface area contributed by atoms with Crippen LogP contribution in [-0.2, 0) is 23.1 Å². The highest BCUT2D eigenvalue weighted by atomic mass is 35.5. The fraction of sp³-hybridized carbons (Fsp3) is 0.625. The van der Waals surface area contributed by atoms with E-state index in [0.717, 1.165) is 11.0 Å². The lowest BCUT2D eigenvalue weighted by atomic mass is 10.5. The molecule has 0 aliphatic carbocycles. The van der Waals surface area contributed by atoms with E-state index in [0.29, 0.717) is 18.7 Å². The van der Waals surface area contributed by atoms with Crippen LogP contribution in [0.3, 0.4) is 0 Å². The number of ether oxygens (including phenoxy) is 1. The Morgan fingerprint density at radius 2 is 2.25 bits per heavy atom. The first-order chi connectivity index (χ1) is 7.19. The molecule has 0 unspecified atom stereocenters. The number of rotatable bonds is 5. The highest BCUT2D eigenvalue weighted by molar-refractivity contribution is 7.99. The van der Waals surface area contributed by atoms with Crippen LogP contribution in [0.4, 0.5) is 0 Å². The van der Waals surface area contributed by atoms with Crippen LogP contribution in [0.2, 0.25) is 0 Å². The molecule has 0 fully saturated rings. The number of esters is 1. The first kappa shape index (κ1) is 15.2. The van der Waals surface area contributed by atoms with E-state index in [9.17, 15) is 4.79 Å². The van der Waals surface area contributed by atoms with Crippen molar-refractivity contribution in [2.75, 3.05) is 12.9 Å². The minimum absolute atomic E-state index is 0. The van der Waals surface area contributed by atoms with Gasteiger partial charge < -0.3 is 15.0 Å². The number of methoxy groups -OCH3 is 1. The van der Waals surface area contributed by atoms with Crippen molar-refractivity contribution < 1.29 is 9.53 Å². The Kier molecular flexibility index (Phi) is 7.11. The second-order valence-corrected chi connectivity index (χ2v) is 3.90. The summed E-state index contributed by atoms with van der Waals surface area (Å²) < 4.78 is 6.35. The van der Waals surface area contributed by atoms with Gasteiger partial charge in [-0.05, 0) is 0 Å². The predicted molar refractivity (Wildman–Crippen MR) is 63.5 cm³/mol. The van der Waals surface area contributed by atoms with Gasteiger partial charge in [-0.1, -0.05) is 11.8 Å². The Morgan fingerprint density at radius 3 is 2.75 bits per heavy atom. The molecule has 1 aromatic rings. The van der Waals surface area contributed by atoms with Crippen LogP contribution in [0.1, 0.15) is 12.2 Å². The molecule has 1 heterocycles. The van der Waals surface area contributed by atoms with Crippen LogP contribution in [-0.4, -0.2) is 33.6 Å². The summed E-state index contributed by atoms with van der Waals surface area (Å²) in [6.07, 6.45) is 0.367. The van der Waals surface area contributed by atoms with E-state index in [1.54, 1.807) is 0 Å². The van der Waals surface area contributed by atoms with Crippen LogP contribution in [0.25, 0.3) is 0 Å². The molecule has 0 atom stereocenters. The van der Waals surface area contributed by atoms with Gasteiger partial charge in [0.2, 0.25) is 0 Å². The first-order valence-electron chi connectivity index (χ1n) is 4.47. The average molecular weight is 267 g/mol. The average Bonchev–Trinajstić information content (AvgIpc) is 2.60. The van der Waals surface area contributed by atoms with Crippen molar-refractivity contribution in [2.24, 2.45) is 12.8 Å². The molecule has 0 radical (unpaired) electrons. The van der Waals surface area contributed by atoms with Crippen molar-refractivity contribution in [1.29, 1.82) is 0 Å². The summed E-state index contributed by atoms with van der Waals surface area (Å²) in [4.78, 5) is 10.8. The largest absolute Gasteiger partial charge is 0.469 e. The monoisotopic (exact) mass is 266 g/mol. The third-order valence-electron chi connectivity index (χ3n) is 1.87. The molecule has 0 spiro atoms. The van der Waals surface area contributed by atoms with E-state index in [1.807, 2.05) is 11.6 Å². The molecule has 0 aliphatic rings. The standard InChI is InChI=1S/C8H14N4O2S.ClH/c1-12-6(5-9)10-11-8(12)15-4-3-7(13)14-2;/h3-5,9H2,1-2H3;1H. The van der Waals surface area contributed by atoms with Gasteiger partial charge in [0.05, 0.1) is 20.1 Å². The van der Waals surface area contributed by atoms with Gasteiger partial charge in [0.1, 0.15) is 5.82 Å². The fourth-order valence-corrected chi connectivity index (χ4v) is 1.83. The third-order valence-corrected chi connectivity index (χ3v) is 2.89. The summed E-state index contributed by atoms with van der Waals surface area (Å²) in [7, 11) is 3.23. The zero-order chi connectivity index (χ0) is 11.3. The lowest BCUT2D eigenvalue weighted by Crippen LogP contribution is -2.06. The van der Waals surface area contributed by atoms with Crippen molar-refractivity contribution in [3.8, 4) is 0 Å². The molecule has 1 aromatic heterocycles. The molecule has 0 saturated heterocycles. The van der Waals surface area contributed by atoms with Gasteiger partial charge in [0.15, 0.2) is 5.16 Å². The first-order valence-corrected chi connectivity index (χ1v) is 5.45. The number of carbonyl (C=O) groups is 1. The molecule has 8 heteroatoms. The maximum Gasteiger partial charge on any atom is 0.306 e. The van der Waals surface area contributed by atoms with Gasteiger partial charge >= 0.3 is 5.97 Å². The van der Waals surface area contributed by atoms with Gasteiger partial charge in [-0.2, -0.15) is 0 Å². The van der Waals surface area contributed by atoms with Crippen LogP contribution in [0.5, 0.6) is 0 Å².